The molecule has 0 aromatic heterocycles. The monoisotopic (exact) mass is 342 g/mol. The van der Waals surface area contributed by atoms with Gasteiger partial charge in [0.15, 0.2) is 0 Å². The van der Waals surface area contributed by atoms with Crippen LogP contribution in [0.25, 0.3) is 0 Å². The second-order valence-corrected chi connectivity index (χ2v) is 7.55. The molecule has 0 spiro atoms. The van der Waals surface area contributed by atoms with Gasteiger partial charge in [-0.2, -0.15) is 0 Å². The molecule has 2 saturated carbocycles. The van der Waals surface area contributed by atoms with Crippen molar-refractivity contribution in [3.8, 4) is 0 Å². The van der Waals surface area contributed by atoms with Gasteiger partial charge in [-0.25, -0.2) is 8.78 Å². The summed E-state index contributed by atoms with van der Waals surface area (Å²) in [5, 5.41) is 0. The van der Waals surface area contributed by atoms with Gasteiger partial charge in [-0.05, 0) is 51.4 Å². The number of carbonyl (C=O) groups excluding carboxylic acids is 2. The Labute approximate surface area is 142 Å². The molecule has 0 bridgehead atoms. The first-order valence-electron chi connectivity index (χ1n) is 9.40. The molecule has 3 aliphatic rings. The van der Waals surface area contributed by atoms with Gasteiger partial charge in [0.05, 0.1) is 0 Å². The van der Waals surface area contributed by atoms with Crippen molar-refractivity contribution in [2.45, 2.75) is 63.7 Å². The number of nitrogens with zero attached hydrogens (tertiary/aromatic N) is 2. The molecule has 1 heterocycles. The third-order valence-electron chi connectivity index (χ3n) is 5.91. The van der Waals surface area contributed by atoms with Crippen molar-refractivity contribution in [2.75, 3.05) is 26.2 Å². The van der Waals surface area contributed by atoms with Crippen LogP contribution in [0.4, 0.5) is 8.78 Å². The minimum absolute atomic E-state index is 0.0425. The molecule has 0 radical (unpaired) electrons. The van der Waals surface area contributed by atoms with Crippen molar-refractivity contribution in [1.82, 2.24) is 9.80 Å². The van der Waals surface area contributed by atoms with E-state index in [0.29, 0.717) is 77.5 Å². The Kier molecular flexibility index (Phi) is 5.72. The van der Waals surface area contributed by atoms with E-state index in [2.05, 4.69) is 0 Å². The van der Waals surface area contributed by atoms with Crippen LogP contribution in [0.1, 0.15) is 51.4 Å². The molecule has 24 heavy (non-hydrogen) atoms. The van der Waals surface area contributed by atoms with Gasteiger partial charge < -0.3 is 9.80 Å². The zero-order valence-electron chi connectivity index (χ0n) is 14.3. The number of hydrogen-bond donors (Lipinski definition) is 0. The highest BCUT2D eigenvalue weighted by Crippen LogP contribution is 2.29. The summed E-state index contributed by atoms with van der Waals surface area (Å²) in [6.07, 6.45) is 3.05. The van der Waals surface area contributed by atoms with E-state index in [1.807, 2.05) is 9.80 Å². The first kappa shape index (κ1) is 17.6. The van der Waals surface area contributed by atoms with E-state index in [-0.39, 0.29) is 23.7 Å². The Morgan fingerprint density at radius 3 is 1.17 bits per heavy atom. The Bertz CT molecular complexity index is 408. The highest BCUT2D eigenvalue weighted by atomic mass is 19.1. The van der Waals surface area contributed by atoms with Gasteiger partial charge in [0, 0.05) is 38.0 Å². The molecule has 136 valence electrons. The van der Waals surface area contributed by atoms with E-state index in [9.17, 15) is 18.4 Å². The lowest BCUT2D eigenvalue weighted by Crippen LogP contribution is -2.53. The standard InChI is InChI=1S/C18H28F2N2O2/c19-15-5-1-13(2-6-15)17(23)21-9-11-22(12-10-21)18(24)14-3-7-16(20)8-4-14/h13-16H,1-12H2. The van der Waals surface area contributed by atoms with Crippen molar-refractivity contribution in [2.24, 2.45) is 11.8 Å². The Morgan fingerprint density at radius 2 is 0.875 bits per heavy atom. The van der Waals surface area contributed by atoms with Gasteiger partial charge in [-0.3, -0.25) is 9.59 Å². The zero-order valence-corrected chi connectivity index (χ0v) is 14.3. The molecule has 2 amide bonds. The molecule has 3 rings (SSSR count). The normalized spacial score (nSPS) is 34.9. The first-order valence-corrected chi connectivity index (χ1v) is 9.40. The Hall–Kier alpha value is -1.20. The maximum absolute atomic E-state index is 13.2. The summed E-state index contributed by atoms with van der Waals surface area (Å²) in [6.45, 7) is 2.27. The molecule has 6 heteroatoms. The third kappa shape index (κ3) is 4.06. The highest BCUT2D eigenvalue weighted by molar-refractivity contribution is 5.81. The van der Waals surface area contributed by atoms with Gasteiger partial charge >= 0.3 is 0 Å². The van der Waals surface area contributed by atoms with Crippen LogP contribution in [-0.2, 0) is 9.59 Å². The van der Waals surface area contributed by atoms with Crippen LogP contribution in [0.2, 0.25) is 0 Å². The van der Waals surface area contributed by atoms with Crippen molar-refractivity contribution in [1.29, 1.82) is 0 Å². The number of rotatable bonds is 2. The fourth-order valence-corrected chi connectivity index (χ4v) is 4.26. The van der Waals surface area contributed by atoms with Crippen molar-refractivity contribution in [3.05, 3.63) is 0 Å². The molecule has 0 unspecified atom stereocenters. The lowest BCUT2D eigenvalue weighted by molar-refractivity contribution is -0.145. The predicted octanol–water partition coefficient (Wildman–Crippen LogP) is 2.71. The van der Waals surface area contributed by atoms with E-state index in [1.54, 1.807) is 0 Å². The number of amides is 2. The summed E-state index contributed by atoms with van der Waals surface area (Å²) in [4.78, 5) is 28.7. The molecule has 0 N–H and O–H groups in total. The largest absolute Gasteiger partial charge is 0.339 e. The first-order chi connectivity index (χ1) is 11.5. The van der Waals surface area contributed by atoms with E-state index in [0.717, 1.165) is 0 Å². The van der Waals surface area contributed by atoms with Crippen LogP contribution in [0, 0.1) is 11.8 Å². The summed E-state index contributed by atoms with van der Waals surface area (Å²) in [5.74, 6) is 0.178. The van der Waals surface area contributed by atoms with Gasteiger partial charge in [0.2, 0.25) is 11.8 Å². The van der Waals surface area contributed by atoms with Gasteiger partial charge in [-0.15, -0.1) is 0 Å². The molecule has 4 nitrogen and oxygen atoms in total. The van der Waals surface area contributed by atoms with Gasteiger partial charge in [0.25, 0.3) is 0 Å². The third-order valence-corrected chi connectivity index (χ3v) is 5.91. The van der Waals surface area contributed by atoms with Crippen LogP contribution >= 0.6 is 0 Å². The Balaban J connectivity index is 1.45. The number of halogens is 2. The molecule has 2 aliphatic carbocycles. The number of alkyl halides is 2. The maximum Gasteiger partial charge on any atom is 0.225 e. The molecule has 1 aliphatic heterocycles. The van der Waals surface area contributed by atoms with Crippen molar-refractivity contribution in [3.63, 3.8) is 0 Å². The van der Waals surface area contributed by atoms with Crippen molar-refractivity contribution < 1.29 is 18.4 Å². The predicted molar refractivity (Wildman–Crippen MR) is 86.9 cm³/mol. The van der Waals surface area contributed by atoms with Crippen molar-refractivity contribution >= 4 is 11.8 Å². The number of hydrogen-bond acceptors (Lipinski definition) is 2. The molecular weight excluding hydrogens is 314 g/mol. The smallest absolute Gasteiger partial charge is 0.225 e. The lowest BCUT2D eigenvalue weighted by Gasteiger charge is -2.39. The molecule has 0 atom stereocenters. The second kappa shape index (κ2) is 7.79. The average molecular weight is 342 g/mol. The minimum atomic E-state index is -0.747. The van der Waals surface area contributed by atoms with Gasteiger partial charge in [0.1, 0.15) is 12.3 Å². The summed E-state index contributed by atoms with van der Waals surface area (Å²) in [5.41, 5.74) is 0. The molecule has 0 aromatic rings. The maximum atomic E-state index is 13.2. The van der Waals surface area contributed by atoms with E-state index in [1.165, 1.54) is 0 Å². The minimum Gasteiger partial charge on any atom is -0.339 e. The summed E-state index contributed by atoms with van der Waals surface area (Å²) in [6, 6.07) is 0. The fraction of sp³-hybridized carbons (Fsp3) is 0.889. The molecular formula is C18H28F2N2O2. The van der Waals surface area contributed by atoms with E-state index < -0.39 is 12.3 Å². The van der Waals surface area contributed by atoms with Crippen LogP contribution in [-0.4, -0.2) is 60.1 Å². The lowest BCUT2D eigenvalue weighted by atomic mass is 9.86. The van der Waals surface area contributed by atoms with Crippen LogP contribution in [0.15, 0.2) is 0 Å². The number of carbonyl (C=O) groups is 2. The quantitative estimate of drug-likeness (QED) is 0.774. The molecule has 1 saturated heterocycles. The van der Waals surface area contributed by atoms with Gasteiger partial charge in [-0.1, -0.05) is 0 Å². The van der Waals surface area contributed by atoms with Crippen LogP contribution < -0.4 is 0 Å². The van der Waals surface area contributed by atoms with Crippen LogP contribution in [0.5, 0.6) is 0 Å². The number of piperazine rings is 1. The summed E-state index contributed by atoms with van der Waals surface area (Å²) < 4.78 is 26.4. The average Bonchev–Trinajstić information content (AvgIpc) is 2.62. The topological polar surface area (TPSA) is 40.6 Å². The fourth-order valence-electron chi connectivity index (χ4n) is 4.26. The second-order valence-electron chi connectivity index (χ2n) is 7.55. The summed E-state index contributed by atoms with van der Waals surface area (Å²) in [7, 11) is 0. The SMILES string of the molecule is O=C(C1CCC(F)CC1)N1CCN(C(=O)C2CCC(F)CC2)CC1. The van der Waals surface area contributed by atoms with E-state index >= 15 is 0 Å². The molecule has 3 fully saturated rings. The Morgan fingerprint density at radius 1 is 0.583 bits per heavy atom. The van der Waals surface area contributed by atoms with Crippen LogP contribution in [0.3, 0.4) is 0 Å². The zero-order chi connectivity index (χ0) is 17.1. The summed E-state index contributed by atoms with van der Waals surface area (Å²) >= 11 is 0. The highest BCUT2D eigenvalue weighted by Gasteiger charge is 2.34. The van der Waals surface area contributed by atoms with E-state index in [4.69, 9.17) is 0 Å². The molecule has 0 aromatic carbocycles.